The van der Waals surface area contributed by atoms with Crippen molar-refractivity contribution < 1.29 is 14.5 Å². The van der Waals surface area contributed by atoms with Gasteiger partial charge in [-0.3, -0.25) is 19.7 Å². The van der Waals surface area contributed by atoms with Crippen molar-refractivity contribution in [2.45, 2.75) is 0 Å². The number of anilines is 1. The summed E-state index contributed by atoms with van der Waals surface area (Å²) in [7, 11) is 0. The van der Waals surface area contributed by atoms with E-state index >= 15 is 0 Å². The van der Waals surface area contributed by atoms with Crippen molar-refractivity contribution >= 4 is 34.1 Å². The third kappa shape index (κ3) is 3.64. The first-order valence-corrected chi connectivity index (χ1v) is 6.21. The van der Waals surface area contributed by atoms with Crippen molar-refractivity contribution in [1.29, 1.82) is 0 Å². The van der Waals surface area contributed by atoms with Gasteiger partial charge < -0.3 is 5.32 Å². The second-order valence-corrected chi connectivity index (χ2v) is 4.46. The predicted octanol–water partition coefficient (Wildman–Crippen LogP) is 3.23. The number of nitro groups is 1. The quantitative estimate of drug-likeness (QED) is 0.533. The number of carbonyl (C=O) groups is 2. The van der Waals surface area contributed by atoms with E-state index in [1.165, 1.54) is 36.4 Å². The molecule has 7 heteroatoms. The molecule has 0 saturated heterocycles. The SMILES string of the molecule is O=C(Cl)c1cccc(NC(=O)c2ccc([N+](=O)[O-])cc2)c1. The number of rotatable bonds is 4. The van der Waals surface area contributed by atoms with Gasteiger partial charge in [-0.25, -0.2) is 0 Å². The zero-order valence-electron chi connectivity index (χ0n) is 10.6. The lowest BCUT2D eigenvalue weighted by Crippen LogP contribution is -2.12. The number of hydrogen-bond acceptors (Lipinski definition) is 4. The monoisotopic (exact) mass is 304 g/mol. The Morgan fingerprint density at radius 2 is 1.71 bits per heavy atom. The highest BCUT2D eigenvalue weighted by Gasteiger charge is 2.10. The van der Waals surface area contributed by atoms with Crippen LogP contribution in [0, 0.1) is 10.1 Å². The molecule has 0 aliphatic heterocycles. The van der Waals surface area contributed by atoms with Crippen molar-refractivity contribution in [3.05, 3.63) is 69.8 Å². The minimum absolute atomic E-state index is 0.0960. The predicted molar refractivity (Wildman–Crippen MR) is 77.7 cm³/mol. The Kier molecular flexibility index (Phi) is 4.30. The lowest BCUT2D eigenvalue weighted by Gasteiger charge is -2.06. The average Bonchev–Trinajstić information content (AvgIpc) is 2.47. The van der Waals surface area contributed by atoms with Gasteiger partial charge in [-0.2, -0.15) is 0 Å². The van der Waals surface area contributed by atoms with Crippen molar-refractivity contribution in [2.24, 2.45) is 0 Å². The number of nitro benzene ring substituents is 1. The topological polar surface area (TPSA) is 89.3 Å². The molecule has 1 amide bonds. The number of halogens is 1. The van der Waals surface area contributed by atoms with E-state index in [9.17, 15) is 19.7 Å². The molecule has 0 heterocycles. The van der Waals surface area contributed by atoms with Gasteiger partial charge in [-0.15, -0.1) is 0 Å². The fraction of sp³-hybridized carbons (Fsp3) is 0. The van der Waals surface area contributed by atoms with E-state index in [1.807, 2.05) is 0 Å². The highest BCUT2D eigenvalue weighted by Crippen LogP contribution is 2.16. The number of nitrogens with one attached hydrogen (secondary N) is 1. The van der Waals surface area contributed by atoms with E-state index in [1.54, 1.807) is 12.1 Å². The number of amides is 1. The summed E-state index contributed by atoms with van der Waals surface area (Å²) < 4.78 is 0. The van der Waals surface area contributed by atoms with Crippen molar-refractivity contribution in [3.63, 3.8) is 0 Å². The summed E-state index contributed by atoms with van der Waals surface area (Å²) in [4.78, 5) is 33.0. The molecule has 0 atom stereocenters. The van der Waals surface area contributed by atoms with Crippen molar-refractivity contribution in [3.8, 4) is 0 Å². The van der Waals surface area contributed by atoms with E-state index in [2.05, 4.69) is 5.32 Å². The number of carbonyl (C=O) groups excluding carboxylic acids is 2. The average molecular weight is 305 g/mol. The first-order chi connectivity index (χ1) is 9.97. The molecule has 0 aromatic heterocycles. The van der Waals surface area contributed by atoms with Crippen LogP contribution in [0.1, 0.15) is 20.7 Å². The molecule has 0 saturated carbocycles. The van der Waals surface area contributed by atoms with E-state index in [4.69, 9.17) is 11.6 Å². The van der Waals surface area contributed by atoms with Crippen LogP contribution in [0.3, 0.4) is 0 Å². The van der Waals surface area contributed by atoms with E-state index in [0.717, 1.165) is 0 Å². The molecule has 1 N–H and O–H groups in total. The number of hydrogen-bond donors (Lipinski definition) is 1. The molecule has 106 valence electrons. The minimum Gasteiger partial charge on any atom is -0.322 e. The summed E-state index contributed by atoms with van der Waals surface area (Å²) in [5.74, 6) is -0.441. The van der Waals surface area contributed by atoms with Crippen LogP contribution in [0.4, 0.5) is 11.4 Å². The fourth-order valence-electron chi connectivity index (χ4n) is 1.66. The van der Waals surface area contributed by atoms with Gasteiger partial charge >= 0.3 is 0 Å². The zero-order valence-corrected chi connectivity index (χ0v) is 11.3. The van der Waals surface area contributed by atoms with Crippen LogP contribution in [-0.4, -0.2) is 16.1 Å². The van der Waals surface area contributed by atoms with E-state index in [-0.39, 0.29) is 16.8 Å². The highest BCUT2D eigenvalue weighted by atomic mass is 35.5. The van der Waals surface area contributed by atoms with Crippen LogP contribution in [0.25, 0.3) is 0 Å². The van der Waals surface area contributed by atoms with Crippen LogP contribution in [-0.2, 0) is 0 Å². The lowest BCUT2D eigenvalue weighted by atomic mass is 10.1. The maximum atomic E-state index is 12.0. The normalized spacial score (nSPS) is 9.95. The minimum atomic E-state index is -0.624. The maximum Gasteiger partial charge on any atom is 0.269 e. The van der Waals surface area contributed by atoms with Crippen LogP contribution < -0.4 is 5.32 Å². The lowest BCUT2D eigenvalue weighted by molar-refractivity contribution is -0.384. The Morgan fingerprint density at radius 3 is 2.29 bits per heavy atom. The second kappa shape index (κ2) is 6.15. The van der Waals surface area contributed by atoms with E-state index < -0.39 is 16.1 Å². The number of non-ortho nitro benzene ring substituents is 1. The third-order valence-corrected chi connectivity index (χ3v) is 2.91. The third-order valence-electron chi connectivity index (χ3n) is 2.69. The van der Waals surface area contributed by atoms with Gasteiger partial charge in [-0.1, -0.05) is 6.07 Å². The molecular weight excluding hydrogens is 296 g/mol. The standard InChI is InChI=1S/C14H9ClN2O4/c15-13(18)10-2-1-3-11(8-10)16-14(19)9-4-6-12(7-5-9)17(20)21/h1-8H,(H,16,19). The molecule has 0 aliphatic carbocycles. The van der Waals surface area contributed by atoms with Gasteiger partial charge in [0.25, 0.3) is 16.8 Å². The first kappa shape index (κ1) is 14.7. The second-order valence-electron chi connectivity index (χ2n) is 4.11. The fourth-order valence-corrected chi connectivity index (χ4v) is 1.77. The smallest absolute Gasteiger partial charge is 0.269 e. The number of benzene rings is 2. The van der Waals surface area contributed by atoms with Gasteiger partial charge in [0.05, 0.1) is 4.92 Å². The zero-order chi connectivity index (χ0) is 15.4. The van der Waals surface area contributed by atoms with Gasteiger partial charge in [-0.05, 0) is 41.9 Å². The largest absolute Gasteiger partial charge is 0.322 e. The summed E-state index contributed by atoms with van der Waals surface area (Å²) >= 11 is 5.36. The summed E-state index contributed by atoms with van der Waals surface area (Å²) in [5.41, 5.74) is 0.840. The van der Waals surface area contributed by atoms with Gasteiger partial charge in [0.1, 0.15) is 0 Å². The van der Waals surface area contributed by atoms with Gasteiger partial charge in [0.2, 0.25) is 0 Å². The molecule has 0 fully saturated rings. The Bertz CT molecular complexity index is 713. The molecule has 0 spiro atoms. The van der Waals surface area contributed by atoms with Crippen LogP contribution >= 0.6 is 11.6 Å². The Hall–Kier alpha value is -2.73. The maximum absolute atomic E-state index is 12.0. The molecule has 2 aromatic rings. The summed E-state index contributed by atoms with van der Waals surface area (Å²) in [6.45, 7) is 0. The molecule has 0 bridgehead atoms. The molecule has 21 heavy (non-hydrogen) atoms. The Balaban J connectivity index is 2.16. The van der Waals surface area contributed by atoms with Gasteiger partial charge in [0, 0.05) is 28.9 Å². The van der Waals surface area contributed by atoms with Gasteiger partial charge in [0.15, 0.2) is 0 Å². The molecule has 6 nitrogen and oxygen atoms in total. The number of nitrogens with zero attached hydrogens (tertiary/aromatic N) is 1. The van der Waals surface area contributed by atoms with Crippen molar-refractivity contribution in [1.82, 2.24) is 0 Å². The molecular formula is C14H9ClN2O4. The molecule has 0 unspecified atom stereocenters. The van der Waals surface area contributed by atoms with Crippen molar-refractivity contribution in [2.75, 3.05) is 5.32 Å². The van der Waals surface area contributed by atoms with Crippen LogP contribution in [0.15, 0.2) is 48.5 Å². The Morgan fingerprint density at radius 1 is 1.05 bits per heavy atom. The molecule has 2 aromatic carbocycles. The van der Waals surface area contributed by atoms with E-state index in [0.29, 0.717) is 5.69 Å². The van der Waals surface area contributed by atoms with Crippen LogP contribution in [0.2, 0.25) is 0 Å². The summed E-state index contributed by atoms with van der Waals surface area (Å²) in [6.07, 6.45) is 0. The molecule has 0 radical (unpaired) electrons. The summed E-state index contributed by atoms with van der Waals surface area (Å²) in [6, 6.07) is 11.3. The molecule has 0 aliphatic rings. The molecule has 2 rings (SSSR count). The first-order valence-electron chi connectivity index (χ1n) is 5.83. The summed E-state index contributed by atoms with van der Waals surface area (Å²) in [5, 5.41) is 12.5. The van der Waals surface area contributed by atoms with Crippen LogP contribution in [0.5, 0.6) is 0 Å². The highest BCUT2D eigenvalue weighted by molar-refractivity contribution is 6.67. The Labute approximate surface area is 124 Å².